The highest BCUT2D eigenvalue weighted by atomic mass is 16.2. The van der Waals surface area contributed by atoms with Gasteiger partial charge in [-0.2, -0.15) is 0 Å². The third-order valence-corrected chi connectivity index (χ3v) is 3.63. The largest absolute Gasteiger partial charge is 0.353 e. The monoisotopic (exact) mass is 275 g/mol. The molecular formula is C15H21N3O2. The molecule has 20 heavy (non-hydrogen) atoms. The molecule has 5 heteroatoms. The molecule has 5 nitrogen and oxygen atoms in total. The molecule has 0 radical (unpaired) electrons. The van der Waals surface area contributed by atoms with E-state index in [1.54, 1.807) is 0 Å². The van der Waals surface area contributed by atoms with E-state index in [0.717, 1.165) is 5.56 Å². The molecule has 108 valence electrons. The van der Waals surface area contributed by atoms with Crippen LogP contribution in [0.25, 0.3) is 0 Å². The van der Waals surface area contributed by atoms with Crippen LogP contribution in [0.15, 0.2) is 24.3 Å². The first-order chi connectivity index (χ1) is 9.61. The Morgan fingerprint density at radius 3 is 2.75 bits per heavy atom. The summed E-state index contributed by atoms with van der Waals surface area (Å²) in [6.45, 7) is 5.85. The standard InChI is InChI=1S/C15H21N3O2/c1-3-18(10-12-7-5-4-6-11(12)2)15(20)13-8-17-14(19)9-16-13/h4-7,13,16H,3,8-10H2,1-2H3,(H,17,19). The molecule has 1 atom stereocenters. The lowest BCUT2D eigenvalue weighted by Gasteiger charge is -2.29. The third-order valence-electron chi connectivity index (χ3n) is 3.63. The smallest absolute Gasteiger partial charge is 0.241 e. The van der Waals surface area contributed by atoms with E-state index in [0.29, 0.717) is 19.6 Å². The maximum absolute atomic E-state index is 12.5. The summed E-state index contributed by atoms with van der Waals surface area (Å²) in [5.74, 6) is -0.0215. The number of aryl methyl sites for hydroxylation is 1. The molecule has 0 bridgehead atoms. The van der Waals surface area contributed by atoms with Crippen molar-refractivity contribution in [2.45, 2.75) is 26.4 Å². The van der Waals surface area contributed by atoms with Gasteiger partial charge in [0.1, 0.15) is 6.04 Å². The lowest BCUT2D eigenvalue weighted by atomic mass is 10.1. The van der Waals surface area contributed by atoms with Gasteiger partial charge in [0.05, 0.1) is 6.54 Å². The molecule has 1 aromatic carbocycles. The topological polar surface area (TPSA) is 61.4 Å². The van der Waals surface area contributed by atoms with Crippen molar-refractivity contribution in [3.63, 3.8) is 0 Å². The number of amides is 2. The molecule has 1 saturated heterocycles. The number of piperazine rings is 1. The first kappa shape index (κ1) is 14.5. The van der Waals surface area contributed by atoms with Crippen molar-refractivity contribution in [3.8, 4) is 0 Å². The van der Waals surface area contributed by atoms with Crippen LogP contribution in [-0.2, 0) is 16.1 Å². The average Bonchev–Trinajstić information content (AvgIpc) is 2.46. The van der Waals surface area contributed by atoms with Gasteiger partial charge in [0.15, 0.2) is 0 Å². The molecule has 1 aromatic rings. The summed E-state index contributed by atoms with van der Waals surface area (Å²) in [4.78, 5) is 25.4. The molecule has 1 fully saturated rings. The Hall–Kier alpha value is -1.88. The highest BCUT2D eigenvalue weighted by Crippen LogP contribution is 2.11. The summed E-state index contributed by atoms with van der Waals surface area (Å²) in [7, 11) is 0. The SMILES string of the molecule is CCN(Cc1ccccc1C)C(=O)C1CNC(=O)CN1. The van der Waals surface area contributed by atoms with Gasteiger partial charge in [0.25, 0.3) is 0 Å². The highest BCUT2D eigenvalue weighted by molar-refractivity contribution is 5.86. The molecule has 0 aliphatic carbocycles. The van der Waals surface area contributed by atoms with Crippen molar-refractivity contribution in [1.82, 2.24) is 15.5 Å². The fourth-order valence-corrected chi connectivity index (χ4v) is 2.30. The van der Waals surface area contributed by atoms with Crippen LogP contribution in [0.3, 0.4) is 0 Å². The van der Waals surface area contributed by atoms with Crippen LogP contribution >= 0.6 is 0 Å². The number of nitrogens with zero attached hydrogens (tertiary/aromatic N) is 1. The molecule has 0 aromatic heterocycles. The first-order valence-electron chi connectivity index (χ1n) is 6.95. The van der Waals surface area contributed by atoms with E-state index in [-0.39, 0.29) is 24.4 Å². The number of benzene rings is 1. The van der Waals surface area contributed by atoms with Crippen LogP contribution in [0.4, 0.5) is 0 Å². The molecule has 2 amide bonds. The minimum atomic E-state index is -0.323. The zero-order chi connectivity index (χ0) is 14.5. The fourth-order valence-electron chi connectivity index (χ4n) is 2.30. The minimum absolute atomic E-state index is 0.0377. The van der Waals surface area contributed by atoms with Gasteiger partial charge in [-0.3, -0.25) is 14.9 Å². The molecule has 2 rings (SSSR count). The number of hydrogen-bond donors (Lipinski definition) is 2. The van der Waals surface area contributed by atoms with E-state index >= 15 is 0 Å². The summed E-state index contributed by atoms with van der Waals surface area (Å²) in [6.07, 6.45) is 0. The van der Waals surface area contributed by atoms with E-state index < -0.39 is 0 Å². The Morgan fingerprint density at radius 2 is 2.15 bits per heavy atom. The number of hydrogen-bond acceptors (Lipinski definition) is 3. The van der Waals surface area contributed by atoms with Crippen molar-refractivity contribution < 1.29 is 9.59 Å². The Balaban J connectivity index is 2.02. The van der Waals surface area contributed by atoms with E-state index in [2.05, 4.69) is 10.6 Å². The second kappa shape index (κ2) is 6.52. The summed E-state index contributed by atoms with van der Waals surface area (Å²) >= 11 is 0. The van der Waals surface area contributed by atoms with Crippen molar-refractivity contribution in [2.24, 2.45) is 0 Å². The predicted octanol–water partition coefficient (Wildman–Crippen LogP) is 0.432. The van der Waals surface area contributed by atoms with Gasteiger partial charge >= 0.3 is 0 Å². The lowest BCUT2D eigenvalue weighted by Crippen LogP contribution is -2.58. The molecule has 2 N–H and O–H groups in total. The Morgan fingerprint density at radius 1 is 1.40 bits per heavy atom. The first-order valence-corrected chi connectivity index (χ1v) is 6.95. The summed E-state index contributed by atoms with van der Waals surface area (Å²) in [5.41, 5.74) is 2.34. The average molecular weight is 275 g/mol. The third kappa shape index (κ3) is 3.36. The minimum Gasteiger partial charge on any atom is -0.353 e. The lowest BCUT2D eigenvalue weighted by molar-refractivity contribution is -0.135. The Labute approximate surface area is 119 Å². The summed E-state index contributed by atoms with van der Waals surface area (Å²) in [6, 6.07) is 7.75. The predicted molar refractivity (Wildman–Crippen MR) is 77.1 cm³/mol. The van der Waals surface area contributed by atoms with Crippen LogP contribution in [0, 0.1) is 6.92 Å². The quantitative estimate of drug-likeness (QED) is 0.838. The Kier molecular flexibility index (Phi) is 4.74. The molecule has 1 aliphatic rings. The number of carbonyl (C=O) groups excluding carboxylic acids is 2. The van der Waals surface area contributed by atoms with Gasteiger partial charge < -0.3 is 10.2 Å². The van der Waals surface area contributed by atoms with Gasteiger partial charge in [0, 0.05) is 19.6 Å². The van der Waals surface area contributed by atoms with Gasteiger partial charge in [-0.05, 0) is 25.0 Å². The molecule has 1 heterocycles. The Bertz CT molecular complexity index is 492. The van der Waals surface area contributed by atoms with E-state index in [9.17, 15) is 9.59 Å². The van der Waals surface area contributed by atoms with Crippen molar-refractivity contribution in [1.29, 1.82) is 0 Å². The van der Waals surface area contributed by atoms with Crippen LogP contribution < -0.4 is 10.6 Å². The van der Waals surface area contributed by atoms with Gasteiger partial charge in [-0.1, -0.05) is 24.3 Å². The molecule has 0 spiro atoms. The van der Waals surface area contributed by atoms with Crippen molar-refractivity contribution in [3.05, 3.63) is 35.4 Å². The maximum atomic E-state index is 12.5. The van der Waals surface area contributed by atoms with Crippen LogP contribution in [0.5, 0.6) is 0 Å². The normalized spacial score (nSPS) is 18.5. The molecular weight excluding hydrogens is 254 g/mol. The van der Waals surface area contributed by atoms with E-state index in [1.807, 2.05) is 43.0 Å². The van der Waals surface area contributed by atoms with Crippen molar-refractivity contribution >= 4 is 11.8 Å². The second-order valence-corrected chi connectivity index (χ2v) is 5.02. The molecule has 1 unspecified atom stereocenters. The summed E-state index contributed by atoms with van der Waals surface area (Å²) in [5, 5.41) is 5.70. The van der Waals surface area contributed by atoms with E-state index in [1.165, 1.54) is 5.56 Å². The maximum Gasteiger partial charge on any atom is 0.241 e. The number of rotatable bonds is 4. The van der Waals surface area contributed by atoms with Gasteiger partial charge in [0.2, 0.25) is 11.8 Å². The highest BCUT2D eigenvalue weighted by Gasteiger charge is 2.27. The zero-order valence-corrected chi connectivity index (χ0v) is 12.0. The number of nitrogens with one attached hydrogen (secondary N) is 2. The second-order valence-electron chi connectivity index (χ2n) is 5.02. The van der Waals surface area contributed by atoms with Crippen molar-refractivity contribution in [2.75, 3.05) is 19.6 Å². The molecule has 1 aliphatic heterocycles. The van der Waals surface area contributed by atoms with Gasteiger partial charge in [-0.25, -0.2) is 0 Å². The number of likely N-dealkylation sites (N-methyl/N-ethyl adjacent to an activating group) is 1. The van der Waals surface area contributed by atoms with E-state index in [4.69, 9.17) is 0 Å². The zero-order valence-electron chi connectivity index (χ0n) is 12.0. The molecule has 0 saturated carbocycles. The van der Waals surface area contributed by atoms with Crippen LogP contribution in [-0.4, -0.2) is 42.4 Å². The summed E-state index contributed by atoms with van der Waals surface area (Å²) < 4.78 is 0. The number of carbonyl (C=O) groups is 2. The van der Waals surface area contributed by atoms with Gasteiger partial charge in [-0.15, -0.1) is 0 Å². The van der Waals surface area contributed by atoms with Crippen LogP contribution in [0.1, 0.15) is 18.1 Å². The van der Waals surface area contributed by atoms with Crippen LogP contribution in [0.2, 0.25) is 0 Å². The fraction of sp³-hybridized carbons (Fsp3) is 0.467.